The molecule has 0 unspecified atom stereocenters. The van der Waals surface area contributed by atoms with Gasteiger partial charge < -0.3 is 0 Å². The van der Waals surface area contributed by atoms with Gasteiger partial charge in [-0.2, -0.15) is 0 Å². The van der Waals surface area contributed by atoms with Crippen molar-refractivity contribution in [1.82, 2.24) is 0 Å². The fourth-order valence-corrected chi connectivity index (χ4v) is 1.67. The zero-order valence-corrected chi connectivity index (χ0v) is 9.60. The second-order valence-corrected chi connectivity index (χ2v) is 4.00. The van der Waals surface area contributed by atoms with Gasteiger partial charge in [0.2, 0.25) is 0 Å². The Bertz CT molecular complexity index is 329. The predicted octanol–water partition coefficient (Wildman–Crippen LogP) is 3.11. The fourth-order valence-electron chi connectivity index (χ4n) is 1.20. The van der Waals surface area contributed by atoms with E-state index in [1.54, 1.807) is 6.92 Å². The Kier molecular flexibility index (Phi) is 2.88. The Morgan fingerprint density at radius 2 is 1.92 bits per heavy atom. The third-order valence-electron chi connectivity index (χ3n) is 1.96. The summed E-state index contributed by atoms with van der Waals surface area (Å²) >= 11 is 2.28. The van der Waals surface area contributed by atoms with E-state index in [0.717, 1.165) is 11.1 Å². The van der Waals surface area contributed by atoms with E-state index in [2.05, 4.69) is 29.5 Å². The van der Waals surface area contributed by atoms with E-state index in [4.69, 9.17) is 0 Å². The maximum absolute atomic E-state index is 11.1. The van der Waals surface area contributed by atoms with Crippen molar-refractivity contribution in [2.75, 3.05) is 0 Å². The molecule has 0 spiro atoms. The molecule has 0 aromatic heterocycles. The summed E-state index contributed by atoms with van der Waals surface area (Å²) in [5, 5.41) is 0. The molecule has 0 heterocycles. The Morgan fingerprint density at radius 1 is 1.33 bits per heavy atom. The van der Waals surface area contributed by atoms with Gasteiger partial charge in [-0.1, -0.05) is 12.1 Å². The maximum atomic E-state index is 11.1. The van der Waals surface area contributed by atoms with E-state index in [9.17, 15) is 4.79 Å². The molecule has 0 radical (unpaired) electrons. The Labute approximate surface area is 86.3 Å². The average Bonchev–Trinajstić information content (AvgIpc) is 2.00. The lowest BCUT2D eigenvalue weighted by Crippen LogP contribution is -1.99. The van der Waals surface area contributed by atoms with Crippen molar-refractivity contribution in [1.29, 1.82) is 0 Å². The first kappa shape index (κ1) is 9.71. The normalized spacial score (nSPS) is 10.0. The molecule has 64 valence electrons. The zero-order valence-electron chi connectivity index (χ0n) is 7.44. The fraction of sp³-hybridized carbons (Fsp3) is 0.300. The maximum Gasteiger partial charge on any atom is 0.160 e. The van der Waals surface area contributed by atoms with Crippen LogP contribution in [0.15, 0.2) is 12.1 Å². The third kappa shape index (κ3) is 1.68. The molecule has 0 bridgehead atoms. The SMILES string of the molecule is CC(=O)c1ccc(C)c(I)c1C. The lowest BCUT2D eigenvalue weighted by Gasteiger charge is -2.06. The minimum absolute atomic E-state index is 0.144. The summed E-state index contributed by atoms with van der Waals surface area (Å²) in [7, 11) is 0. The largest absolute Gasteiger partial charge is 0.295 e. The lowest BCUT2D eigenvalue weighted by atomic mass is 10.0. The summed E-state index contributed by atoms with van der Waals surface area (Å²) in [5.41, 5.74) is 3.17. The Balaban J connectivity index is 3.36. The van der Waals surface area contributed by atoms with E-state index < -0.39 is 0 Å². The van der Waals surface area contributed by atoms with Crippen LogP contribution in [0.2, 0.25) is 0 Å². The van der Waals surface area contributed by atoms with Crippen LogP contribution in [0.3, 0.4) is 0 Å². The molecular formula is C10H11IO. The molecule has 1 aromatic rings. The summed E-state index contributed by atoms with van der Waals surface area (Å²) in [5.74, 6) is 0.144. The summed E-state index contributed by atoms with van der Waals surface area (Å²) in [6.45, 7) is 5.65. The highest BCUT2D eigenvalue weighted by molar-refractivity contribution is 14.1. The summed E-state index contributed by atoms with van der Waals surface area (Å²) < 4.78 is 1.19. The molecule has 0 aliphatic carbocycles. The average molecular weight is 274 g/mol. The smallest absolute Gasteiger partial charge is 0.160 e. The van der Waals surface area contributed by atoms with Gasteiger partial charge in [-0.25, -0.2) is 0 Å². The monoisotopic (exact) mass is 274 g/mol. The summed E-state index contributed by atoms with van der Waals surface area (Å²) in [6.07, 6.45) is 0. The molecule has 2 heteroatoms. The first-order valence-corrected chi connectivity index (χ1v) is 4.88. The topological polar surface area (TPSA) is 17.1 Å². The molecule has 0 saturated carbocycles. The molecule has 0 aliphatic heterocycles. The van der Waals surface area contributed by atoms with Crippen LogP contribution >= 0.6 is 22.6 Å². The number of hydrogen-bond acceptors (Lipinski definition) is 1. The van der Waals surface area contributed by atoms with Gasteiger partial charge in [0.05, 0.1) is 0 Å². The van der Waals surface area contributed by atoms with Gasteiger partial charge in [0.15, 0.2) is 5.78 Å². The van der Waals surface area contributed by atoms with Crippen LogP contribution < -0.4 is 0 Å². The van der Waals surface area contributed by atoms with Gasteiger partial charge in [0.1, 0.15) is 0 Å². The number of halogens is 1. The van der Waals surface area contributed by atoms with Crippen LogP contribution in [-0.4, -0.2) is 5.78 Å². The van der Waals surface area contributed by atoms with Crippen molar-refractivity contribution >= 4 is 28.4 Å². The number of benzene rings is 1. The van der Waals surface area contributed by atoms with Crippen molar-refractivity contribution in [3.63, 3.8) is 0 Å². The summed E-state index contributed by atoms with van der Waals surface area (Å²) in [6, 6.07) is 3.89. The number of ketones is 1. The third-order valence-corrected chi connectivity index (χ3v) is 3.62. The number of Topliss-reactive ketones (excluding diaryl/α,β-unsaturated/α-hetero) is 1. The second kappa shape index (κ2) is 3.56. The van der Waals surface area contributed by atoms with Crippen LogP contribution in [0.1, 0.15) is 28.4 Å². The van der Waals surface area contributed by atoms with E-state index in [-0.39, 0.29) is 5.78 Å². The van der Waals surface area contributed by atoms with Gasteiger partial charge in [0, 0.05) is 9.13 Å². The van der Waals surface area contributed by atoms with E-state index in [1.165, 1.54) is 9.13 Å². The van der Waals surface area contributed by atoms with Crippen LogP contribution in [-0.2, 0) is 0 Å². The quantitative estimate of drug-likeness (QED) is 0.568. The van der Waals surface area contributed by atoms with Crippen LogP contribution in [0.4, 0.5) is 0 Å². The highest BCUT2D eigenvalue weighted by Crippen LogP contribution is 2.20. The van der Waals surface area contributed by atoms with Gasteiger partial charge in [-0.3, -0.25) is 4.79 Å². The Hall–Kier alpha value is -0.380. The minimum Gasteiger partial charge on any atom is -0.295 e. The highest BCUT2D eigenvalue weighted by Gasteiger charge is 2.07. The number of aryl methyl sites for hydroxylation is 1. The van der Waals surface area contributed by atoms with Crippen molar-refractivity contribution in [3.05, 3.63) is 32.4 Å². The van der Waals surface area contributed by atoms with Gasteiger partial charge in [-0.15, -0.1) is 0 Å². The van der Waals surface area contributed by atoms with Crippen LogP contribution in [0.5, 0.6) is 0 Å². The molecule has 0 aliphatic rings. The summed E-state index contributed by atoms with van der Waals surface area (Å²) in [4.78, 5) is 11.1. The van der Waals surface area contributed by atoms with E-state index in [1.807, 2.05) is 19.1 Å². The first-order valence-electron chi connectivity index (χ1n) is 3.80. The van der Waals surface area contributed by atoms with Crippen molar-refractivity contribution in [2.24, 2.45) is 0 Å². The zero-order chi connectivity index (χ0) is 9.30. The van der Waals surface area contributed by atoms with E-state index in [0.29, 0.717) is 0 Å². The van der Waals surface area contributed by atoms with Crippen LogP contribution in [0, 0.1) is 17.4 Å². The molecule has 12 heavy (non-hydrogen) atoms. The molecular weight excluding hydrogens is 263 g/mol. The molecule has 0 saturated heterocycles. The van der Waals surface area contributed by atoms with Crippen LogP contribution in [0.25, 0.3) is 0 Å². The van der Waals surface area contributed by atoms with Gasteiger partial charge >= 0.3 is 0 Å². The van der Waals surface area contributed by atoms with Crippen molar-refractivity contribution in [3.8, 4) is 0 Å². The van der Waals surface area contributed by atoms with Crippen molar-refractivity contribution in [2.45, 2.75) is 20.8 Å². The highest BCUT2D eigenvalue weighted by atomic mass is 127. The second-order valence-electron chi connectivity index (χ2n) is 2.93. The first-order chi connectivity index (χ1) is 5.54. The minimum atomic E-state index is 0.144. The predicted molar refractivity (Wildman–Crippen MR) is 58.6 cm³/mol. The number of carbonyl (C=O) groups excluding carboxylic acids is 1. The van der Waals surface area contributed by atoms with Crippen molar-refractivity contribution < 1.29 is 4.79 Å². The number of rotatable bonds is 1. The standard InChI is InChI=1S/C10H11IO/c1-6-4-5-9(8(3)12)7(2)10(6)11/h4-5H,1-3H3. The van der Waals surface area contributed by atoms with E-state index >= 15 is 0 Å². The molecule has 0 atom stereocenters. The lowest BCUT2D eigenvalue weighted by molar-refractivity contribution is 0.101. The molecule has 0 N–H and O–H groups in total. The van der Waals surface area contributed by atoms with Gasteiger partial charge in [0.25, 0.3) is 0 Å². The molecule has 1 aromatic carbocycles. The molecule has 0 amide bonds. The molecule has 0 fully saturated rings. The Morgan fingerprint density at radius 3 is 2.42 bits per heavy atom. The van der Waals surface area contributed by atoms with Gasteiger partial charge in [-0.05, 0) is 54.5 Å². The number of carbonyl (C=O) groups is 1. The molecule has 1 rings (SSSR count). The number of hydrogen-bond donors (Lipinski definition) is 0. The molecule has 1 nitrogen and oxygen atoms in total.